The fraction of sp³-hybridized carbons (Fsp3) is 0.818. The molecule has 0 spiro atoms. The van der Waals surface area contributed by atoms with Crippen LogP contribution < -0.4 is 5.32 Å². The number of carbonyl (C=O) groups excluding carboxylic acids is 1. The minimum Gasteiger partial charge on any atom is -0.480 e. The van der Waals surface area contributed by atoms with E-state index in [9.17, 15) is 9.59 Å². The predicted octanol–water partition coefficient (Wildman–Crippen LogP) is 0.250. The third kappa shape index (κ3) is 3.29. The SMILES string of the molecule is CN(CCNC(=O)N1CSC[C@H]1C(=O)O)C1CC1. The highest BCUT2D eigenvalue weighted by atomic mass is 32.2. The van der Waals surface area contributed by atoms with Crippen LogP contribution in [0, 0.1) is 0 Å². The summed E-state index contributed by atoms with van der Waals surface area (Å²) in [6, 6.07) is -0.274. The summed E-state index contributed by atoms with van der Waals surface area (Å²) in [5, 5.41) is 11.8. The molecule has 0 radical (unpaired) electrons. The maximum atomic E-state index is 11.8. The normalized spacial score (nSPS) is 23.4. The second-order valence-electron chi connectivity index (χ2n) is 4.77. The molecule has 1 atom stereocenters. The van der Waals surface area contributed by atoms with Crippen molar-refractivity contribution in [2.24, 2.45) is 0 Å². The average molecular weight is 273 g/mol. The molecule has 0 bridgehead atoms. The van der Waals surface area contributed by atoms with Crippen molar-refractivity contribution in [3.63, 3.8) is 0 Å². The first-order chi connectivity index (χ1) is 8.59. The Balaban J connectivity index is 1.71. The highest BCUT2D eigenvalue weighted by molar-refractivity contribution is 7.99. The van der Waals surface area contributed by atoms with Gasteiger partial charge in [-0.25, -0.2) is 9.59 Å². The van der Waals surface area contributed by atoms with Gasteiger partial charge < -0.3 is 20.2 Å². The Morgan fingerprint density at radius 2 is 2.22 bits per heavy atom. The van der Waals surface area contributed by atoms with Gasteiger partial charge in [0.05, 0.1) is 5.88 Å². The van der Waals surface area contributed by atoms with Gasteiger partial charge >= 0.3 is 12.0 Å². The van der Waals surface area contributed by atoms with Crippen LogP contribution in [0.4, 0.5) is 4.79 Å². The first-order valence-electron chi connectivity index (χ1n) is 6.15. The van der Waals surface area contributed by atoms with Crippen LogP contribution in [0.1, 0.15) is 12.8 Å². The molecule has 2 rings (SSSR count). The van der Waals surface area contributed by atoms with Gasteiger partial charge in [0.25, 0.3) is 0 Å². The molecule has 2 amide bonds. The van der Waals surface area contributed by atoms with Gasteiger partial charge in [-0.1, -0.05) is 0 Å². The number of likely N-dealkylation sites (N-methyl/N-ethyl adjacent to an activating group) is 1. The average Bonchev–Trinajstić information content (AvgIpc) is 3.05. The predicted molar refractivity (Wildman–Crippen MR) is 69.6 cm³/mol. The lowest BCUT2D eigenvalue weighted by Gasteiger charge is -2.22. The number of urea groups is 1. The second-order valence-corrected chi connectivity index (χ2v) is 5.77. The van der Waals surface area contributed by atoms with Crippen molar-refractivity contribution in [2.75, 3.05) is 31.8 Å². The third-order valence-electron chi connectivity index (χ3n) is 3.34. The van der Waals surface area contributed by atoms with E-state index in [0.717, 1.165) is 6.54 Å². The minimum atomic E-state index is -0.926. The van der Waals surface area contributed by atoms with Crippen molar-refractivity contribution < 1.29 is 14.7 Å². The molecule has 0 aromatic carbocycles. The van der Waals surface area contributed by atoms with E-state index in [4.69, 9.17) is 5.11 Å². The van der Waals surface area contributed by atoms with Gasteiger partial charge in [0.1, 0.15) is 6.04 Å². The van der Waals surface area contributed by atoms with Crippen molar-refractivity contribution in [2.45, 2.75) is 24.9 Å². The lowest BCUT2D eigenvalue weighted by Crippen LogP contribution is -2.48. The summed E-state index contributed by atoms with van der Waals surface area (Å²) in [5.74, 6) is 0.0108. The molecule has 7 heteroatoms. The number of carboxylic acids is 1. The smallest absolute Gasteiger partial charge is 0.327 e. The maximum Gasteiger partial charge on any atom is 0.327 e. The Morgan fingerprint density at radius 3 is 2.83 bits per heavy atom. The molecule has 102 valence electrons. The van der Waals surface area contributed by atoms with Crippen LogP contribution in [0.3, 0.4) is 0 Å². The third-order valence-corrected chi connectivity index (χ3v) is 4.35. The molecule has 2 aliphatic rings. The van der Waals surface area contributed by atoms with Crippen LogP contribution in [-0.2, 0) is 4.79 Å². The molecule has 6 nitrogen and oxygen atoms in total. The summed E-state index contributed by atoms with van der Waals surface area (Å²) in [7, 11) is 2.05. The number of carbonyl (C=O) groups is 2. The molecule has 0 aromatic heterocycles. The van der Waals surface area contributed by atoms with E-state index in [1.165, 1.54) is 29.5 Å². The van der Waals surface area contributed by atoms with Crippen molar-refractivity contribution >= 4 is 23.8 Å². The summed E-state index contributed by atoms with van der Waals surface area (Å²) in [5.41, 5.74) is 0. The van der Waals surface area contributed by atoms with E-state index in [-0.39, 0.29) is 6.03 Å². The van der Waals surface area contributed by atoms with Crippen molar-refractivity contribution in [1.29, 1.82) is 0 Å². The first-order valence-corrected chi connectivity index (χ1v) is 7.30. The Morgan fingerprint density at radius 1 is 1.50 bits per heavy atom. The number of hydrogen-bond acceptors (Lipinski definition) is 4. The van der Waals surface area contributed by atoms with E-state index < -0.39 is 12.0 Å². The highest BCUT2D eigenvalue weighted by Crippen LogP contribution is 2.24. The van der Waals surface area contributed by atoms with Gasteiger partial charge in [0, 0.05) is 24.9 Å². The van der Waals surface area contributed by atoms with Crippen LogP contribution in [-0.4, -0.2) is 70.8 Å². The number of nitrogens with one attached hydrogen (secondary N) is 1. The minimum absolute atomic E-state index is 0.267. The number of carboxylic acid groups (broad SMARTS) is 1. The van der Waals surface area contributed by atoms with Gasteiger partial charge in [0.2, 0.25) is 0 Å². The Bertz CT molecular complexity index is 335. The molecule has 2 N–H and O–H groups in total. The van der Waals surface area contributed by atoms with E-state index >= 15 is 0 Å². The first kappa shape index (κ1) is 13.5. The van der Waals surface area contributed by atoms with Crippen LogP contribution in [0.15, 0.2) is 0 Å². The van der Waals surface area contributed by atoms with Gasteiger partial charge in [0.15, 0.2) is 0 Å². The van der Waals surface area contributed by atoms with E-state index in [1.54, 1.807) is 0 Å². The van der Waals surface area contributed by atoms with Gasteiger partial charge in [-0.3, -0.25) is 0 Å². The van der Waals surface area contributed by atoms with Crippen molar-refractivity contribution in [3.05, 3.63) is 0 Å². The molecule has 1 heterocycles. The number of hydrogen-bond donors (Lipinski definition) is 2. The molecule has 1 aliphatic carbocycles. The highest BCUT2D eigenvalue weighted by Gasteiger charge is 2.34. The maximum absolute atomic E-state index is 11.8. The topological polar surface area (TPSA) is 72.9 Å². The molecule has 0 unspecified atom stereocenters. The monoisotopic (exact) mass is 273 g/mol. The number of aliphatic carboxylic acids is 1. The molecule has 18 heavy (non-hydrogen) atoms. The lowest BCUT2D eigenvalue weighted by atomic mass is 10.3. The number of rotatable bonds is 5. The van der Waals surface area contributed by atoms with Gasteiger partial charge in [-0.2, -0.15) is 0 Å². The fourth-order valence-electron chi connectivity index (χ4n) is 1.99. The zero-order valence-electron chi connectivity index (χ0n) is 10.5. The molecular weight excluding hydrogens is 254 g/mol. The fourth-order valence-corrected chi connectivity index (χ4v) is 3.13. The van der Waals surface area contributed by atoms with Gasteiger partial charge in [-0.05, 0) is 19.9 Å². The molecule has 1 aliphatic heterocycles. The summed E-state index contributed by atoms with van der Waals surface area (Å²) >= 11 is 1.48. The van der Waals surface area contributed by atoms with E-state index in [1.807, 2.05) is 0 Å². The number of nitrogens with zero attached hydrogens (tertiary/aromatic N) is 2. The van der Waals surface area contributed by atoms with E-state index in [2.05, 4.69) is 17.3 Å². The zero-order chi connectivity index (χ0) is 13.1. The summed E-state index contributed by atoms with van der Waals surface area (Å²) < 4.78 is 0. The molecule has 0 aromatic rings. The van der Waals surface area contributed by atoms with E-state index in [0.29, 0.717) is 24.2 Å². The summed E-state index contributed by atoms with van der Waals surface area (Å²) in [6.45, 7) is 1.38. The van der Waals surface area contributed by atoms with Crippen LogP contribution in [0.25, 0.3) is 0 Å². The number of amides is 2. The Hall–Kier alpha value is -0.950. The van der Waals surface area contributed by atoms with Crippen LogP contribution in [0.5, 0.6) is 0 Å². The lowest BCUT2D eigenvalue weighted by molar-refractivity contribution is -0.140. The molecule has 1 saturated carbocycles. The molecular formula is C11H19N3O3S. The standard InChI is InChI=1S/C11H19N3O3S/c1-13(8-2-3-8)5-4-12-11(17)14-7-18-6-9(14)10(15)16/h8-9H,2-7H2,1H3,(H,12,17)(H,15,16)/t9-/m0/s1. The summed E-state index contributed by atoms with van der Waals surface area (Å²) in [4.78, 5) is 26.4. The van der Waals surface area contributed by atoms with Crippen molar-refractivity contribution in [3.8, 4) is 0 Å². The van der Waals surface area contributed by atoms with Gasteiger partial charge in [-0.15, -0.1) is 11.8 Å². The summed E-state index contributed by atoms with van der Waals surface area (Å²) in [6.07, 6.45) is 2.49. The van der Waals surface area contributed by atoms with Crippen molar-refractivity contribution in [1.82, 2.24) is 15.1 Å². The Kier molecular flexibility index (Phi) is 4.34. The quantitative estimate of drug-likeness (QED) is 0.751. The molecule has 2 fully saturated rings. The number of thioether (sulfide) groups is 1. The second kappa shape index (κ2) is 5.79. The van der Waals surface area contributed by atoms with Crippen LogP contribution >= 0.6 is 11.8 Å². The molecule has 1 saturated heterocycles. The zero-order valence-corrected chi connectivity index (χ0v) is 11.3. The van der Waals surface area contributed by atoms with Crippen LogP contribution in [0.2, 0.25) is 0 Å². The Labute approximate surface area is 111 Å². The largest absolute Gasteiger partial charge is 0.480 e.